The van der Waals surface area contributed by atoms with E-state index in [0.717, 1.165) is 72.0 Å². The van der Waals surface area contributed by atoms with Crippen LogP contribution in [-0.4, -0.2) is 93.2 Å². The van der Waals surface area contributed by atoms with E-state index >= 15 is 0 Å². The number of para-hydroxylation sites is 1. The number of rotatable bonds is 23. The second-order valence-corrected chi connectivity index (χ2v) is 27.2. The lowest BCUT2D eigenvalue weighted by molar-refractivity contribution is 0.0711. The highest BCUT2D eigenvalue weighted by molar-refractivity contribution is 9.10. The first kappa shape index (κ1) is 78.6. The van der Waals surface area contributed by atoms with Crippen LogP contribution in [0, 0.1) is 71.1 Å². The summed E-state index contributed by atoms with van der Waals surface area (Å²) in [4.78, 5) is 54.9. The molecule has 0 fully saturated rings. The molecule has 6 heterocycles. The van der Waals surface area contributed by atoms with Crippen molar-refractivity contribution in [2.75, 3.05) is 6.54 Å². The van der Waals surface area contributed by atoms with Crippen molar-refractivity contribution in [1.29, 1.82) is 15.8 Å². The molecule has 20 nitrogen and oxygen atoms in total. The Morgan fingerprint density at radius 3 is 1.50 bits per heavy atom. The van der Waals surface area contributed by atoms with Crippen molar-refractivity contribution in [2.45, 2.75) is 80.1 Å². The Kier molecular flexibility index (Phi) is 26.5. The summed E-state index contributed by atoms with van der Waals surface area (Å²) in [5.41, 5.74) is 11.7. The van der Waals surface area contributed by atoms with Crippen LogP contribution in [-0.2, 0) is 58.8 Å². The highest BCUT2D eigenvalue weighted by Crippen LogP contribution is 2.26. The standard InChI is InChI=1S/C29H23FN6O.C28H20F2N6OS.C27H23BrFN5O.CH4/c30-25-12-9-21(10-13-25)15-16-35(29(37)27-14-11-24-3-1-2-4-26(24)33-27)19-28-34-32-20-36(28)18-23-7-5-22(17-31)6-8-23;29-23-9-8-21(24(30)12-23)15-35(28(37)26-3-1-2-25(33-26)22-10-11-38-17-22)16-27-34-32-18-36(27)14-20-6-4-19(13-31)5-7-20;1-18-12-24(29)9-7-23(18)15-33(27(35)22-8-10-25(28)19(2)11-22)16-26-32-31-17-34(26)14-21-5-3-20(13-30)4-6-21;/h1-14,20H,15-16,18-19H2;1-12,17-18H,14-16H2;3-12,17H,14-16H2,1-2H3;1H4. The summed E-state index contributed by atoms with van der Waals surface area (Å²) in [6.45, 7) is 6.20. The average Bonchev–Trinajstić information content (AvgIpc) is 1.79. The minimum atomic E-state index is -0.748. The first-order chi connectivity index (χ1) is 53.4. The van der Waals surface area contributed by atoms with Gasteiger partial charge in [0.2, 0.25) is 0 Å². The van der Waals surface area contributed by atoms with Crippen LogP contribution in [0.25, 0.3) is 22.2 Å². The molecule has 14 aromatic rings. The van der Waals surface area contributed by atoms with Crippen LogP contribution in [0.2, 0.25) is 0 Å². The summed E-state index contributed by atoms with van der Waals surface area (Å²) in [7, 11) is 0. The lowest BCUT2D eigenvalue weighted by atomic mass is 10.1. The number of amides is 3. The van der Waals surface area contributed by atoms with Crippen molar-refractivity contribution in [2.24, 2.45) is 0 Å². The molecular weight excluding hydrogens is 1500 g/mol. The number of benzene rings is 8. The third-order valence-corrected chi connectivity index (χ3v) is 19.5. The maximum absolute atomic E-state index is 14.6. The summed E-state index contributed by atoms with van der Waals surface area (Å²) in [6, 6.07) is 66.0. The minimum absolute atomic E-state index is 0. The van der Waals surface area contributed by atoms with E-state index in [2.05, 4.69) is 74.7 Å². The molecule has 0 radical (unpaired) electrons. The molecule has 3 amide bonds. The number of carbonyl (C=O) groups excluding carboxylic acids is 3. The number of nitrogens with zero attached hydrogens (tertiary/aromatic N) is 17. The van der Waals surface area contributed by atoms with E-state index in [-0.39, 0.29) is 68.3 Å². The van der Waals surface area contributed by atoms with Crippen molar-refractivity contribution >= 4 is 55.9 Å². The molecule has 0 saturated carbocycles. The van der Waals surface area contributed by atoms with E-state index in [1.54, 1.807) is 112 Å². The molecule has 554 valence electrons. The molecule has 6 aromatic heterocycles. The van der Waals surface area contributed by atoms with Gasteiger partial charge in [0.15, 0.2) is 17.5 Å². The Morgan fingerprint density at radius 1 is 0.468 bits per heavy atom. The largest absolute Gasteiger partial charge is 0.329 e. The molecule has 0 bridgehead atoms. The molecule has 14 rings (SSSR count). The van der Waals surface area contributed by atoms with Gasteiger partial charge in [-0.05, 0) is 180 Å². The summed E-state index contributed by atoms with van der Waals surface area (Å²) >= 11 is 5.01. The highest BCUT2D eigenvalue weighted by Gasteiger charge is 2.26. The predicted octanol–water partition coefficient (Wildman–Crippen LogP) is 16.4. The Morgan fingerprint density at radius 2 is 0.964 bits per heavy atom. The lowest BCUT2D eigenvalue weighted by Crippen LogP contribution is -2.34. The number of carbonyl (C=O) groups is 3. The Bertz CT molecular complexity index is 5700. The van der Waals surface area contributed by atoms with Crippen molar-refractivity contribution < 1.29 is 31.9 Å². The fraction of sp³-hybridized carbons (Fsp3) is 0.153. The summed E-state index contributed by atoms with van der Waals surface area (Å²) in [5.74, 6) is -1.15. The van der Waals surface area contributed by atoms with Gasteiger partial charge in [0.1, 0.15) is 53.6 Å². The van der Waals surface area contributed by atoms with Gasteiger partial charge in [0.25, 0.3) is 17.7 Å². The van der Waals surface area contributed by atoms with E-state index in [1.807, 2.05) is 125 Å². The smallest absolute Gasteiger partial charge is 0.273 e. The molecule has 0 atom stereocenters. The second-order valence-electron chi connectivity index (χ2n) is 25.6. The van der Waals surface area contributed by atoms with Crippen LogP contribution in [0.5, 0.6) is 0 Å². The quantitative estimate of drug-likeness (QED) is 0.0540. The van der Waals surface area contributed by atoms with Crippen LogP contribution >= 0.6 is 27.3 Å². The van der Waals surface area contributed by atoms with Crippen molar-refractivity contribution in [3.8, 4) is 29.5 Å². The van der Waals surface area contributed by atoms with Crippen molar-refractivity contribution in [3.63, 3.8) is 0 Å². The van der Waals surface area contributed by atoms with Crippen molar-refractivity contribution in [1.82, 2.24) is 69.0 Å². The van der Waals surface area contributed by atoms with Gasteiger partial charge in [0, 0.05) is 57.6 Å². The number of hydrogen-bond donors (Lipinski definition) is 0. The molecule has 0 aliphatic rings. The van der Waals surface area contributed by atoms with Crippen molar-refractivity contribution in [3.05, 3.63) is 365 Å². The van der Waals surface area contributed by atoms with Gasteiger partial charge in [-0.1, -0.05) is 114 Å². The minimum Gasteiger partial charge on any atom is -0.329 e. The van der Waals surface area contributed by atoms with E-state index in [1.165, 1.54) is 46.6 Å². The number of aromatic nitrogens is 11. The van der Waals surface area contributed by atoms with Crippen LogP contribution in [0.3, 0.4) is 0 Å². The number of hydrogen-bond acceptors (Lipinski definition) is 15. The number of aryl methyl sites for hydroxylation is 2. The van der Waals surface area contributed by atoms with Gasteiger partial charge >= 0.3 is 0 Å². The predicted molar refractivity (Wildman–Crippen MR) is 415 cm³/mol. The van der Waals surface area contributed by atoms with E-state index < -0.39 is 17.5 Å². The average molecular weight is 1570 g/mol. The lowest BCUT2D eigenvalue weighted by Gasteiger charge is -2.24. The Labute approximate surface area is 650 Å². The molecule has 0 saturated heterocycles. The molecule has 0 N–H and O–H groups in total. The first-order valence-electron chi connectivity index (χ1n) is 34.4. The van der Waals surface area contributed by atoms with Crippen LogP contribution < -0.4 is 0 Å². The molecular formula is C85H70BrF4N17O3S. The molecule has 0 unspecified atom stereocenters. The van der Waals surface area contributed by atoms with Gasteiger partial charge in [-0.3, -0.25) is 14.4 Å². The summed E-state index contributed by atoms with van der Waals surface area (Å²) in [5, 5.41) is 56.8. The van der Waals surface area contributed by atoms with Gasteiger partial charge in [-0.25, -0.2) is 27.5 Å². The number of pyridine rings is 2. The third kappa shape index (κ3) is 20.8. The normalized spacial score (nSPS) is 10.7. The monoisotopic (exact) mass is 1560 g/mol. The molecule has 0 spiro atoms. The highest BCUT2D eigenvalue weighted by atomic mass is 79.9. The Balaban J connectivity index is 0.000000164. The topological polar surface area (TPSA) is 250 Å². The first-order valence-corrected chi connectivity index (χ1v) is 36.2. The van der Waals surface area contributed by atoms with Crippen LogP contribution in [0.4, 0.5) is 17.6 Å². The number of halogens is 5. The second kappa shape index (κ2) is 37.4. The fourth-order valence-electron chi connectivity index (χ4n) is 11.8. The molecule has 26 heteroatoms. The Hall–Kier alpha value is -13.5. The van der Waals surface area contributed by atoms with E-state index in [9.17, 15) is 31.9 Å². The maximum Gasteiger partial charge on any atom is 0.273 e. The zero-order valence-electron chi connectivity index (χ0n) is 59.3. The van der Waals surface area contributed by atoms with Gasteiger partial charge < -0.3 is 28.4 Å². The van der Waals surface area contributed by atoms with Crippen LogP contribution in [0.15, 0.2) is 247 Å². The molecule has 111 heavy (non-hydrogen) atoms. The SMILES string of the molecule is C.Cc1cc(C(=O)N(Cc2ccc(F)cc2C)Cc2nncn2Cc2ccc(C#N)cc2)ccc1Br.N#Cc1ccc(Cn2cnnc2CN(CCc2ccc(F)cc2)C(=O)c2ccc3ccccc3n2)cc1.N#Cc1ccc(Cn2cnnc2CN(Cc2ccc(F)cc2F)C(=O)c2cccc(-c3ccsc3)n2)cc1. The van der Waals surface area contributed by atoms with E-state index in [0.29, 0.717) is 90.3 Å². The zero-order valence-corrected chi connectivity index (χ0v) is 61.7. The fourth-order valence-corrected chi connectivity index (χ4v) is 12.7. The van der Waals surface area contributed by atoms with Gasteiger partial charge in [0.05, 0.1) is 85.4 Å². The maximum atomic E-state index is 14.6. The molecule has 0 aliphatic heterocycles. The van der Waals surface area contributed by atoms with Gasteiger partial charge in [-0.15, -0.1) is 30.6 Å². The summed E-state index contributed by atoms with van der Waals surface area (Å²) < 4.78 is 61.6. The van der Waals surface area contributed by atoms with Gasteiger partial charge in [-0.2, -0.15) is 27.1 Å². The summed E-state index contributed by atoms with van der Waals surface area (Å²) in [6.07, 6.45) is 5.35. The zero-order chi connectivity index (χ0) is 77.0. The number of thiophene rings is 1. The number of fused-ring (bicyclic) bond motifs is 1. The van der Waals surface area contributed by atoms with Crippen LogP contribution in [0.1, 0.15) is 117 Å². The third-order valence-electron chi connectivity index (χ3n) is 17.9. The van der Waals surface area contributed by atoms with E-state index in [4.69, 9.17) is 15.8 Å². The molecule has 0 aliphatic carbocycles. The number of nitriles is 3. The molecule has 8 aromatic carbocycles.